The van der Waals surface area contributed by atoms with E-state index in [9.17, 15) is 0 Å². The molecule has 0 bridgehead atoms. The zero-order valence-corrected chi connectivity index (χ0v) is 9.84. The Labute approximate surface area is 84.1 Å². The minimum absolute atomic E-state index is 0.980. The summed E-state index contributed by atoms with van der Waals surface area (Å²) in [5, 5.41) is 0. The summed E-state index contributed by atoms with van der Waals surface area (Å²) in [4.78, 5) is 0. The van der Waals surface area contributed by atoms with Crippen LogP contribution in [0.3, 0.4) is 0 Å². The van der Waals surface area contributed by atoms with Crippen molar-refractivity contribution < 1.29 is 0 Å². The maximum atomic E-state index is 2.47. The Kier molecular flexibility index (Phi) is 4.28. The van der Waals surface area contributed by atoms with Crippen molar-refractivity contribution in [2.75, 3.05) is 0 Å². The Morgan fingerprint density at radius 1 is 1.00 bits per heavy atom. The van der Waals surface area contributed by atoms with E-state index in [1.54, 1.807) is 0 Å². The molecule has 0 spiro atoms. The third kappa shape index (κ3) is 2.48. The lowest BCUT2D eigenvalue weighted by Crippen LogP contribution is -2.13. The molecule has 1 aliphatic carbocycles. The van der Waals surface area contributed by atoms with Crippen LogP contribution in [0, 0.1) is 23.7 Å². The Bertz CT molecular complexity index is 139. The lowest BCUT2D eigenvalue weighted by atomic mass is 9.83. The van der Waals surface area contributed by atoms with Gasteiger partial charge in [0, 0.05) is 0 Å². The van der Waals surface area contributed by atoms with Crippen molar-refractivity contribution in [3.63, 3.8) is 0 Å². The second-order valence-corrected chi connectivity index (χ2v) is 5.07. The molecule has 4 atom stereocenters. The standard InChI is InChI=1S/C13H26/c1-5-7-12-9-10(3)11(4)13(12)8-6-2/h10-13H,5-9H2,1-4H3/t10?,11-,12?,13?/m1/s1. The number of rotatable bonds is 4. The van der Waals surface area contributed by atoms with Crippen molar-refractivity contribution in [2.45, 2.75) is 59.8 Å². The van der Waals surface area contributed by atoms with Gasteiger partial charge in [-0.05, 0) is 30.1 Å². The summed E-state index contributed by atoms with van der Waals surface area (Å²) in [6, 6.07) is 0. The van der Waals surface area contributed by atoms with Crippen molar-refractivity contribution >= 4 is 0 Å². The molecule has 3 unspecified atom stereocenters. The van der Waals surface area contributed by atoms with Gasteiger partial charge in [0.05, 0.1) is 0 Å². The largest absolute Gasteiger partial charge is 0.0654 e. The van der Waals surface area contributed by atoms with Crippen molar-refractivity contribution in [1.82, 2.24) is 0 Å². The third-order valence-corrected chi connectivity index (χ3v) is 4.13. The first-order valence-electron chi connectivity index (χ1n) is 6.20. The molecule has 0 heterocycles. The van der Waals surface area contributed by atoms with Gasteiger partial charge in [0.1, 0.15) is 0 Å². The van der Waals surface area contributed by atoms with E-state index >= 15 is 0 Å². The molecule has 1 saturated carbocycles. The topological polar surface area (TPSA) is 0 Å². The number of hydrogen-bond acceptors (Lipinski definition) is 0. The monoisotopic (exact) mass is 182 g/mol. The molecule has 0 amide bonds. The summed E-state index contributed by atoms with van der Waals surface area (Å²) in [7, 11) is 0. The second kappa shape index (κ2) is 5.02. The smallest absolute Gasteiger partial charge is 0.0358 e. The highest BCUT2D eigenvalue weighted by Crippen LogP contribution is 2.45. The first-order valence-corrected chi connectivity index (χ1v) is 6.20. The Balaban J connectivity index is 2.52. The predicted molar refractivity (Wildman–Crippen MR) is 59.7 cm³/mol. The normalized spacial score (nSPS) is 39.7. The van der Waals surface area contributed by atoms with Crippen LogP contribution in [0.1, 0.15) is 59.8 Å². The van der Waals surface area contributed by atoms with Crippen molar-refractivity contribution in [3.8, 4) is 0 Å². The molecule has 0 radical (unpaired) electrons. The summed E-state index contributed by atoms with van der Waals surface area (Å²) in [5.41, 5.74) is 0. The lowest BCUT2D eigenvalue weighted by Gasteiger charge is -2.22. The molecule has 0 aromatic heterocycles. The molecule has 0 aromatic rings. The fourth-order valence-corrected chi connectivity index (χ4v) is 3.25. The van der Waals surface area contributed by atoms with Gasteiger partial charge in [-0.15, -0.1) is 0 Å². The first kappa shape index (κ1) is 11.1. The first-order chi connectivity index (χ1) is 6.20. The quantitative estimate of drug-likeness (QED) is 0.600. The van der Waals surface area contributed by atoms with Crippen LogP contribution in [0.2, 0.25) is 0 Å². The maximum absolute atomic E-state index is 2.47. The molecule has 0 heteroatoms. The van der Waals surface area contributed by atoms with E-state index in [1.807, 2.05) is 0 Å². The van der Waals surface area contributed by atoms with Gasteiger partial charge in [0.15, 0.2) is 0 Å². The van der Waals surface area contributed by atoms with Crippen LogP contribution in [-0.2, 0) is 0 Å². The summed E-state index contributed by atoms with van der Waals surface area (Å²) in [5.74, 6) is 4.06. The van der Waals surface area contributed by atoms with Gasteiger partial charge < -0.3 is 0 Å². The molecular formula is C13H26. The fourth-order valence-electron chi connectivity index (χ4n) is 3.25. The molecule has 0 aliphatic heterocycles. The molecule has 1 aliphatic rings. The number of hydrogen-bond donors (Lipinski definition) is 0. The van der Waals surface area contributed by atoms with Crippen LogP contribution in [0.5, 0.6) is 0 Å². The van der Waals surface area contributed by atoms with Crippen LogP contribution in [0.15, 0.2) is 0 Å². The van der Waals surface area contributed by atoms with Gasteiger partial charge in [-0.3, -0.25) is 0 Å². The molecule has 0 N–H and O–H groups in total. The van der Waals surface area contributed by atoms with Crippen molar-refractivity contribution in [3.05, 3.63) is 0 Å². The zero-order chi connectivity index (χ0) is 9.84. The van der Waals surface area contributed by atoms with E-state index < -0.39 is 0 Å². The van der Waals surface area contributed by atoms with E-state index in [-0.39, 0.29) is 0 Å². The molecule has 78 valence electrons. The second-order valence-electron chi connectivity index (χ2n) is 5.07. The minimum Gasteiger partial charge on any atom is -0.0654 e. The maximum Gasteiger partial charge on any atom is -0.0358 e. The molecule has 0 saturated heterocycles. The fraction of sp³-hybridized carbons (Fsp3) is 1.00. The van der Waals surface area contributed by atoms with Gasteiger partial charge in [-0.1, -0.05) is 53.4 Å². The van der Waals surface area contributed by atoms with Crippen molar-refractivity contribution in [1.29, 1.82) is 0 Å². The highest BCUT2D eigenvalue weighted by Gasteiger charge is 2.36. The SMILES string of the molecule is CCCC1CC(C)[C@@H](C)C1CCC. The molecular weight excluding hydrogens is 156 g/mol. The van der Waals surface area contributed by atoms with Gasteiger partial charge in [0.2, 0.25) is 0 Å². The van der Waals surface area contributed by atoms with Crippen LogP contribution in [0.25, 0.3) is 0 Å². The van der Waals surface area contributed by atoms with Gasteiger partial charge in [-0.2, -0.15) is 0 Å². The summed E-state index contributed by atoms with van der Waals surface area (Å²) >= 11 is 0. The van der Waals surface area contributed by atoms with Crippen LogP contribution in [0.4, 0.5) is 0 Å². The van der Waals surface area contributed by atoms with Gasteiger partial charge in [0.25, 0.3) is 0 Å². The van der Waals surface area contributed by atoms with Gasteiger partial charge >= 0.3 is 0 Å². The molecule has 0 nitrogen and oxygen atoms in total. The average molecular weight is 182 g/mol. The van der Waals surface area contributed by atoms with E-state index in [1.165, 1.54) is 32.1 Å². The summed E-state index contributed by atoms with van der Waals surface area (Å²) in [6.45, 7) is 9.58. The highest BCUT2D eigenvalue weighted by atomic mass is 14.4. The minimum atomic E-state index is 0.980. The van der Waals surface area contributed by atoms with Crippen LogP contribution >= 0.6 is 0 Å². The van der Waals surface area contributed by atoms with E-state index in [0.717, 1.165) is 23.7 Å². The average Bonchev–Trinajstić information content (AvgIpc) is 2.34. The Morgan fingerprint density at radius 2 is 1.62 bits per heavy atom. The zero-order valence-electron chi connectivity index (χ0n) is 9.84. The van der Waals surface area contributed by atoms with Crippen LogP contribution < -0.4 is 0 Å². The van der Waals surface area contributed by atoms with Crippen LogP contribution in [-0.4, -0.2) is 0 Å². The van der Waals surface area contributed by atoms with Gasteiger partial charge in [-0.25, -0.2) is 0 Å². The third-order valence-electron chi connectivity index (χ3n) is 4.13. The summed E-state index contributed by atoms with van der Waals surface area (Å²) < 4.78 is 0. The summed E-state index contributed by atoms with van der Waals surface area (Å²) in [6.07, 6.45) is 7.20. The van der Waals surface area contributed by atoms with E-state index in [4.69, 9.17) is 0 Å². The van der Waals surface area contributed by atoms with Crippen molar-refractivity contribution in [2.24, 2.45) is 23.7 Å². The van der Waals surface area contributed by atoms with E-state index in [2.05, 4.69) is 27.7 Å². The molecule has 1 fully saturated rings. The molecule has 1 rings (SSSR count). The molecule has 0 aromatic carbocycles. The highest BCUT2D eigenvalue weighted by molar-refractivity contribution is 4.86. The molecule has 13 heavy (non-hydrogen) atoms. The van der Waals surface area contributed by atoms with E-state index in [0.29, 0.717) is 0 Å². The Hall–Kier alpha value is 0. The predicted octanol–water partition coefficient (Wildman–Crippen LogP) is 4.49. The Morgan fingerprint density at radius 3 is 2.15 bits per heavy atom. The lowest BCUT2D eigenvalue weighted by molar-refractivity contribution is 0.278.